The zero-order chi connectivity index (χ0) is 77.3. The molecule has 27 heteroatoms. The summed E-state index contributed by atoms with van der Waals surface area (Å²) in [7, 11) is 4.41. The van der Waals surface area contributed by atoms with Crippen molar-refractivity contribution in [2.45, 2.75) is 187 Å². The Hall–Kier alpha value is 1.68. The number of hydrogen-bond acceptors (Lipinski definition) is 16. The molecule has 0 spiro atoms. The van der Waals surface area contributed by atoms with Crippen molar-refractivity contribution in [1.82, 2.24) is 78.4 Å². The molecule has 0 aromatic heterocycles. The summed E-state index contributed by atoms with van der Waals surface area (Å²) in [6.45, 7) is 54.0. The Morgan fingerprint density at radius 3 is 0.847 bits per heavy atom. The summed E-state index contributed by atoms with van der Waals surface area (Å²) in [5.41, 5.74) is 2.72. The van der Waals surface area contributed by atoms with Gasteiger partial charge in [0.2, 0.25) is 0 Å². The smallest absolute Gasteiger partial charge is 0.305 e. The van der Waals surface area contributed by atoms with Gasteiger partial charge in [-0.05, 0) is 155 Å². The Labute approximate surface area is 750 Å². The van der Waals surface area contributed by atoms with Gasteiger partial charge in [-0.15, -0.1) is 0 Å². The van der Waals surface area contributed by atoms with Crippen molar-refractivity contribution in [1.29, 1.82) is 0 Å². The summed E-state index contributed by atoms with van der Waals surface area (Å²) in [5.74, 6) is 0. The van der Waals surface area contributed by atoms with Gasteiger partial charge in [0.1, 0.15) is 0 Å². The molecule has 8 heterocycles. The molecule has 8 aliphatic rings. The van der Waals surface area contributed by atoms with Gasteiger partial charge in [0.05, 0.1) is 0 Å². The maximum Gasteiger partial charge on any atom is 2.00 e. The maximum absolute atomic E-state index is 6.99. The van der Waals surface area contributed by atoms with Gasteiger partial charge in [-0.2, -0.15) is 0 Å². The SMILES string of the molecule is CCCCCCCCN1CCN2CCCN(C)CCN(CC2)C(Cl)(Cl)CC1.CCCCN1CCCN2CCN(CCCC)CCC(Cl)(Cl)N(CC1)CC2.CCCCN1CCN2CCCN(C)CCN(CC2)C(Cl)(Cl)CC1.ClC1(Cl)CCN(Cc2ccccc2)CCN2CCCN(Cc3ccccc3)CCN1CC2.[Mn+2].[Mn+2].[Mn+2]. The van der Waals surface area contributed by atoms with Crippen molar-refractivity contribution in [2.24, 2.45) is 0 Å². The fraction of sp³-hybridized carbons (Fsp3) is 0.857. The molecular formula is C84H152Cl8Mn3N16+6. The first-order chi connectivity index (χ1) is 52.1. The number of unbranched alkanes of at least 4 members (excludes halogenated alkanes) is 8. The summed E-state index contributed by atoms with van der Waals surface area (Å²) >= 11 is 54.9. The van der Waals surface area contributed by atoms with Crippen LogP contribution in [0, 0.1) is 0 Å². The quantitative estimate of drug-likeness (QED) is 0.0547. The molecule has 3 radical (unpaired) electrons. The van der Waals surface area contributed by atoms with Crippen molar-refractivity contribution >= 4 is 92.8 Å². The van der Waals surface area contributed by atoms with E-state index in [9.17, 15) is 0 Å². The minimum Gasteiger partial charge on any atom is -0.305 e. The van der Waals surface area contributed by atoms with E-state index < -0.39 is 17.8 Å². The van der Waals surface area contributed by atoms with Crippen LogP contribution in [0.5, 0.6) is 0 Å². The molecular weight excluding hydrogens is 1680 g/mol. The molecule has 2 aromatic rings. The molecule has 8 atom stereocenters. The van der Waals surface area contributed by atoms with Gasteiger partial charge < -0.3 is 49.0 Å². The van der Waals surface area contributed by atoms with E-state index in [1.165, 1.54) is 179 Å². The van der Waals surface area contributed by atoms with E-state index in [1.54, 1.807) is 0 Å². The van der Waals surface area contributed by atoms with E-state index in [4.69, 9.17) is 92.8 Å². The number of halogens is 8. The zero-order valence-corrected chi connectivity index (χ0v) is 79.5. The van der Waals surface area contributed by atoms with Crippen molar-refractivity contribution in [3.8, 4) is 0 Å². The van der Waals surface area contributed by atoms with Crippen LogP contribution >= 0.6 is 92.8 Å². The number of fused-ring (bicyclic) bond motifs is 12. The third kappa shape index (κ3) is 42.6. The molecule has 8 bridgehead atoms. The van der Waals surface area contributed by atoms with Crippen molar-refractivity contribution < 1.29 is 51.2 Å². The van der Waals surface area contributed by atoms with Gasteiger partial charge in [0.25, 0.3) is 0 Å². The molecule has 0 saturated carbocycles. The molecule has 8 fully saturated rings. The van der Waals surface area contributed by atoms with Crippen LogP contribution in [-0.4, -0.2) is 372 Å². The maximum atomic E-state index is 6.99. The molecule has 2 aromatic carbocycles. The molecule has 16 nitrogen and oxygen atoms in total. The summed E-state index contributed by atoms with van der Waals surface area (Å²) in [6, 6.07) is 21.5. The number of nitrogens with zero attached hydrogens (tertiary/aromatic N) is 16. The molecule has 8 unspecified atom stereocenters. The van der Waals surface area contributed by atoms with E-state index in [1.807, 2.05) is 0 Å². The minimum absolute atomic E-state index is 0. The first-order valence-electron chi connectivity index (χ1n) is 43.4. The average Bonchev–Trinajstić information content (AvgIpc) is 0.862. The van der Waals surface area contributed by atoms with Gasteiger partial charge in [-0.25, -0.2) is 0 Å². The summed E-state index contributed by atoms with van der Waals surface area (Å²) in [4.78, 5) is 39.9. The van der Waals surface area contributed by atoms with Crippen LogP contribution < -0.4 is 0 Å². The molecule has 111 heavy (non-hydrogen) atoms. The van der Waals surface area contributed by atoms with Crippen LogP contribution in [0.3, 0.4) is 0 Å². The van der Waals surface area contributed by atoms with Gasteiger partial charge >= 0.3 is 51.2 Å². The number of likely N-dealkylation sites (N-methyl/N-ethyl adjacent to an activating group) is 2. The van der Waals surface area contributed by atoms with E-state index in [-0.39, 0.29) is 51.2 Å². The van der Waals surface area contributed by atoms with Crippen LogP contribution in [0.1, 0.15) is 167 Å². The summed E-state index contributed by atoms with van der Waals surface area (Å²) in [5, 5.41) is 0. The van der Waals surface area contributed by atoms with E-state index in [0.717, 1.165) is 235 Å². The molecule has 639 valence electrons. The van der Waals surface area contributed by atoms with Gasteiger partial charge in [-0.1, -0.05) is 233 Å². The number of benzene rings is 2. The van der Waals surface area contributed by atoms with Gasteiger partial charge in [0.15, 0.2) is 17.8 Å². The van der Waals surface area contributed by atoms with Crippen LogP contribution in [0.4, 0.5) is 0 Å². The average molecular weight is 1830 g/mol. The first kappa shape index (κ1) is 105. The topological polar surface area (TPSA) is 51.8 Å². The second kappa shape index (κ2) is 59.5. The third-order valence-electron chi connectivity index (χ3n) is 24.1. The molecule has 8 saturated heterocycles. The largest absolute Gasteiger partial charge is 2.00 e. The minimum atomic E-state index is -0.838. The summed E-state index contributed by atoms with van der Waals surface area (Å²) in [6.07, 6.45) is 23.9. The van der Waals surface area contributed by atoms with Crippen LogP contribution in [-0.2, 0) is 64.3 Å². The molecule has 0 amide bonds. The number of rotatable bonds is 20. The van der Waals surface area contributed by atoms with Gasteiger partial charge in [-0.3, -0.25) is 29.4 Å². The second-order valence-electron chi connectivity index (χ2n) is 32.7. The second-order valence-corrected chi connectivity index (χ2v) is 38.5. The van der Waals surface area contributed by atoms with Gasteiger partial charge in [0, 0.05) is 222 Å². The molecule has 8 aliphatic heterocycles. The molecule has 0 aliphatic carbocycles. The fourth-order valence-electron chi connectivity index (χ4n) is 16.4. The first-order valence-corrected chi connectivity index (χ1v) is 46.4. The van der Waals surface area contributed by atoms with Crippen molar-refractivity contribution in [3.05, 3.63) is 71.8 Å². The van der Waals surface area contributed by atoms with Crippen LogP contribution in [0.2, 0.25) is 0 Å². The van der Waals surface area contributed by atoms with E-state index in [0.29, 0.717) is 0 Å². The fourth-order valence-corrected chi connectivity index (χ4v) is 18.4. The van der Waals surface area contributed by atoms with E-state index in [2.05, 4.69) is 181 Å². The Morgan fingerprint density at radius 1 is 0.243 bits per heavy atom. The number of alkyl halides is 8. The third-order valence-corrected chi connectivity index (χ3v) is 27.5. The Bertz CT molecular complexity index is 2600. The van der Waals surface area contributed by atoms with Crippen molar-refractivity contribution in [2.75, 3.05) is 276 Å². The Balaban J connectivity index is 0.000000312. The zero-order valence-electron chi connectivity index (χ0n) is 69.9. The Morgan fingerprint density at radius 2 is 0.486 bits per heavy atom. The van der Waals surface area contributed by atoms with E-state index >= 15 is 0 Å². The predicted octanol–water partition coefficient (Wildman–Crippen LogP) is 14.9. The molecule has 10 rings (SSSR count). The van der Waals surface area contributed by atoms with Crippen molar-refractivity contribution in [3.63, 3.8) is 0 Å². The van der Waals surface area contributed by atoms with Crippen LogP contribution in [0.25, 0.3) is 0 Å². The molecule has 0 N–H and O–H groups in total. The number of hydrogen-bond donors (Lipinski definition) is 0. The monoisotopic (exact) mass is 1830 g/mol. The normalized spacial score (nSPS) is 28.0. The van der Waals surface area contributed by atoms with Crippen LogP contribution in [0.15, 0.2) is 60.7 Å². The standard InChI is InChI=1S/C26H36Cl2N4.C21H42Cl2N4.C20H40Cl2N4.C17H34Cl2N4.3Mn/c27-26(28)12-15-31(23-25-10-5-2-6-11-25)17-16-29-13-7-14-30(19-21-32(26)20-18-29)22-24-8-3-1-4-9-24;1-3-4-5-6-7-8-12-25-14-10-21(22,23)27-19-15-24(2)11-9-13-26(17-16-25)18-20-27;1-3-5-9-23-11-7-12-25-15-14-24(10-6-4-2)13-8-20(21,22)26(18-16-23)19-17-25;1-3-4-8-21-10-6-17(18,19)23-15-11-20(2)7-5-9-22(13-12-21)14-16-23;;;/h1-6,8-11H,7,12-23H2;3-20H2,1-2H3;3-19H2,1-2H3;3-16H2,1-2H3;;;/q;;;;3*+2. The predicted molar refractivity (Wildman–Crippen MR) is 469 cm³/mol. The Kier molecular flexibility index (Phi) is 56.3. The summed E-state index contributed by atoms with van der Waals surface area (Å²) < 4.78 is -3.07.